The number of nitrogens with one attached hydrogen (secondary N) is 1. The molecule has 124 valence electrons. The van der Waals surface area contributed by atoms with Crippen molar-refractivity contribution in [2.24, 2.45) is 0 Å². The molecule has 2 aliphatic rings. The molecule has 5 rings (SSSR count). The first-order valence-electron chi connectivity index (χ1n) is 8.49. The smallest absolute Gasteiger partial charge is 0.0854 e. The number of piperazine rings is 1. The maximum absolute atomic E-state index is 3.75. The van der Waals surface area contributed by atoms with Gasteiger partial charge in [0.15, 0.2) is 0 Å². The lowest BCUT2D eigenvalue weighted by atomic mass is 9.89. The van der Waals surface area contributed by atoms with Gasteiger partial charge in [-0.3, -0.25) is 4.90 Å². The Hall–Kier alpha value is -1.14. The van der Waals surface area contributed by atoms with Crippen LogP contribution in [0.15, 0.2) is 40.2 Å². The summed E-state index contributed by atoms with van der Waals surface area (Å²) in [7, 11) is 2.25. The number of hydrogen-bond donors (Lipinski definition) is 1. The molecule has 0 spiro atoms. The first kappa shape index (κ1) is 15.1. The molecule has 4 heterocycles. The van der Waals surface area contributed by atoms with Crippen molar-refractivity contribution >= 4 is 38.2 Å². The summed E-state index contributed by atoms with van der Waals surface area (Å²) in [6.45, 7) is 3.44. The fraction of sp³-hybridized carbons (Fsp3) is 0.368. The highest BCUT2D eigenvalue weighted by molar-refractivity contribution is 9.11. The number of fused-ring (bicyclic) bond motifs is 4. The van der Waals surface area contributed by atoms with Gasteiger partial charge in [-0.25, -0.2) is 0 Å². The van der Waals surface area contributed by atoms with Crippen molar-refractivity contribution in [3.05, 3.63) is 56.3 Å². The first-order chi connectivity index (χ1) is 11.7. The van der Waals surface area contributed by atoms with Crippen LogP contribution in [0.3, 0.4) is 0 Å². The SMILES string of the molecule is CN1CCN2[C@@H](Cc3c([nH]c4ccccc34)[C@@H]2c2ccc(Br)s2)C1. The summed E-state index contributed by atoms with van der Waals surface area (Å²) < 4.78 is 1.21. The normalized spacial score (nSPS) is 24.9. The molecule has 3 aromatic rings. The van der Waals surface area contributed by atoms with E-state index < -0.39 is 0 Å². The quantitative estimate of drug-likeness (QED) is 0.658. The van der Waals surface area contributed by atoms with Gasteiger partial charge in [0, 0.05) is 47.2 Å². The van der Waals surface area contributed by atoms with Crippen LogP contribution >= 0.6 is 27.3 Å². The number of benzene rings is 1. The number of thiophene rings is 1. The molecule has 1 fully saturated rings. The third-order valence-electron chi connectivity index (χ3n) is 5.49. The minimum atomic E-state index is 0.358. The third kappa shape index (κ3) is 2.30. The van der Waals surface area contributed by atoms with Gasteiger partial charge in [0.1, 0.15) is 0 Å². The van der Waals surface area contributed by atoms with E-state index in [1.807, 2.05) is 11.3 Å². The van der Waals surface area contributed by atoms with E-state index in [0.29, 0.717) is 12.1 Å². The fourth-order valence-corrected chi connectivity index (χ4v) is 5.96. The molecule has 3 nitrogen and oxygen atoms in total. The lowest BCUT2D eigenvalue weighted by molar-refractivity contribution is 0.0558. The minimum absolute atomic E-state index is 0.358. The van der Waals surface area contributed by atoms with E-state index in [9.17, 15) is 0 Å². The van der Waals surface area contributed by atoms with Crippen LogP contribution < -0.4 is 0 Å². The van der Waals surface area contributed by atoms with E-state index in [0.717, 1.165) is 26.1 Å². The van der Waals surface area contributed by atoms with Crippen molar-refractivity contribution in [3.8, 4) is 0 Å². The van der Waals surface area contributed by atoms with Gasteiger partial charge in [-0.2, -0.15) is 0 Å². The Morgan fingerprint density at radius 2 is 2.04 bits per heavy atom. The highest BCUT2D eigenvalue weighted by Gasteiger charge is 2.40. The van der Waals surface area contributed by atoms with E-state index >= 15 is 0 Å². The number of aromatic amines is 1. The zero-order valence-electron chi connectivity index (χ0n) is 13.6. The number of para-hydroxylation sites is 1. The van der Waals surface area contributed by atoms with Gasteiger partial charge in [0.25, 0.3) is 0 Å². The van der Waals surface area contributed by atoms with Gasteiger partial charge in [0.2, 0.25) is 0 Å². The van der Waals surface area contributed by atoms with Crippen LogP contribution in [0.2, 0.25) is 0 Å². The van der Waals surface area contributed by atoms with Gasteiger partial charge < -0.3 is 9.88 Å². The predicted octanol–water partition coefficient (Wildman–Crippen LogP) is 4.25. The number of hydrogen-bond acceptors (Lipinski definition) is 3. The van der Waals surface area contributed by atoms with Crippen LogP contribution in [-0.2, 0) is 6.42 Å². The Kier molecular flexibility index (Phi) is 3.59. The average molecular weight is 402 g/mol. The highest BCUT2D eigenvalue weighted by Crippen LogP contribution is 2.44. The molecule has 1 saturated heterocycles. The summed E-state index contributed by atoms with van der Waals surface area (Å²) in [5, 5.41) is 1.40. The summed E-state index contributed by atoms with van der Waals surface area (Å²) >= 11 is 5.52. The molecule has 0 saturated carbocycles. The van der Waals surface area contributed by atoms with Gasteiger partial charge in [-0.1, -0.05) is 18.2 Å². The molecular weight excluding hydrogens is 382 g/mol. The number of rotatable bonds is 1. The van der Waals surface area contributed by atoms with E-state index in [2.05, 4.69) is 74.2 Å². The molecule has 1 aromatic carbocycles. The monoisotopic (exact) mass is 401 g/mol. The van der Waals surface area contributed by atoms with Crippen LogP contribution in [-0.4, -0.2) is 47.5 Å². The maximum atomic E-state index is 3.75. The second-order valence-corrected chi connectivity index (χ2v) is 9.46. The minimum Gasteiger partial charge on any atom is -0.357 e. The lowest BCUT2D eigenvalue weighted by Gasteiger charge is -2.47. The Bertz CT molecular complexity index is 899. The molecule has 2 aliphatic heterocycles. The molecule has 5 heteroatoms. The molecule has 0 bridgehead atoms. The lowest BCUT2D eigenvalue weighted by Crippen LogP contribution is -2.55. The molecule has 2 aromatic heterocycles. The van der Waals surface area contributed by atoms with Gasteiger partial charge in [-0.15, -0.1) is 11.3 Å². The summed E-state index contributed by atoms with van der Waals surface area (Å²) in [4.78, 5) is 10.4. The molecule has 24 heavy (non-hydrogen) atoms. The van der Waals surface area contributed by atoms with Crippen LogP contribution in [0.25, 0.3) is 10.9 Å². The first-order valence-corrected chi connectivity index (χ1v) is 10.1. The van der Waals surface area contributed by atoms with Crippen LogP contribution in [0.5, 0.6) is 0 Å². The summed E-state index contributed by atoms with van der Waals surface area (Å²) in [5.41, 5.74) is 4.21. The second-order valence-electron chi connectivity index (χ2n) is 6.97. The molecule has 0 amide bonds. The number of nitrogens with zero attached hydrogens (tertiary/aromatic N) is 2. The maximum Gasteiger partial charge on any atom is 0.0854 e. The van der Waals surface area contributed by atoms with E-state index in [1.165, 1.54) is 30.8 Å². The Morgan fingerprint density at radius 3 is 2.88 bits per heavy atom. The summed E-state index contributed by atoms with van der Waals surface area (Å²) in [5.74, 6) is 0. The van der Waals surface area contributed by atoms with Crippen LogP contribution in [0.1, 0.15) is 22.2 Å². The number of likely N-dealkylation sites (N-methyl/N-ethyl adjacent to an activating group) is 1. The number of halogens is 1. The topological polar surface area (TPSA) is 22.3 Å². The van der Waals surface area contributed by atoms with Gasteiger partial charge in [0.05, 0.1) is 9.83 Å². The van der Waals surface area contributed by atoms with Gasteiger partial charge >= 0.3 is 0 Å². The molecule has 2 atom stereocenters. The fourth-order valence-electron chi connectivity index (χ4n) is 4.40. The standard InChI is InChI=1S/C19H20BrN3S/c1-22-8-9-23-12(11-22)10-14-13-4-2-3-5-15(13)21-18(14)19(23)16-6-7-17(20)24-16/h2-7,12,19,21H,8-11H2,1H3/t12-,19-/m0/s1. The van der Waals surface area contributed by atoms with E-state index in [4.69, 9.17) is 0 Å². The molecule has 0 radical (unpaired) electrons. The van der Waals surface area contributed by atoms with Crippen LogP contribution in [0, 0.1) is 0 Å². The van der Waals surface area contributed by atoms with Crippen molar-refractivity contribution in [2.75, 3.05) is 26.7 Å². The Morgan fingerprint density at radius 1 is 1.17 bits per heavy atom. The van der Waals surface area contributed by atoms with Crippen molar-refractivity contribution < 1.29 is 0 Å². The zero-order chi connectivity index (χ0) is 16.3. The summed E-state index contributed by atoms with van der Waals surface area (Å²) in [6.07, 6.45) is 1.15. The largest absolute Gasteiger partial charge is 0.357 e. The zero-order valence-corrected chi connectivity index (χ0v) is 16.0. The van der Waals surface area contributed by atoms with E-state index in [-0.39, 0.29) is 0 Å². The molecular formula is C19H20BrN3S. The van der Waals surface area contributed by atoms with Crippen molar-refractivity contribution in [2.45, 2.75) is 18.5 Å². The Labute approximate surface area is 154 Å². The number of aromatic nitrogens is 1. The predicted molar refractivity (Wildman–Crippen MR) is 104 cm³/mol. The van der Waals surface area contributed by atoms with E-state index in [1.54, 1.807) is 0 Å². The molecule has 0 aliphatic carbocycles. The van der Waals surface area contributed by atoms with Gasteiger partial charge in [-0.05, 0) is 53.2 Å². The van der Waals surface area contributed by atoms with Crippen molar-refractivity contribution in [3.63, 3.8) is 0 Å². The average Bonchev–Trinajstić information content (AvgIpc) is 3.16. The number of H-pyrrole nitrogens is 1. The summed E-state index contributed by atoms with van der Waals surface area (Å²) in [6, 6.07) is 14.2. The Balaban J connectivity index is 1.71. The third-order valence-corrected chi connectivity index (χ3v) is 7.16. The van der Waals surface area contributed by atoms with Crippen molar-refractivity contribution in [1.29, 1.82) is 0 Å². The highest BCUT2D eigenvalue weighted by atomic mass is 79.9. The molecule has 1 N–H and O–H groups in total. The molecule has 0 unspecified atom stereocenters. The van der Waals surface area contributed by atoms with Crippen LogP contribution in [0.4, 0.5) is 0 Å². The van der Waals surface area contributed by atoms with Crippen molar-refractivity contribution in [1.82, 2.24) is 14.8 Å². The second kappa shape index (κ2) is 5.70.